The summed E-state index contributed by atoms with van der Waals surface area (Å²) in [6, 6.07) is 29.2. The van der Waals surface area contributed by atoms with Gasteiger partial charge in [0.1, 0.15) is 40.7 Å². The van der Waals surface area contributed by atoms with E-state index < -0.39 is 0 Å². The Kier molecular flexibility index (Phi) is 14.8. The Bertz CT molecular complexity index is 3630. The van der Waals surface area contributed by atoms with E-state index in [9.17, 15) is 5.21 Å². The number of fused-ring (bicyclic) bond motifs is 2. The number of oxime groups is 1. The van der Waals surface area contributed by atoms with E-state index in [1.165, 1.54) is 19.9 Å². The van der Waals surface area contributed by atoms with Gasteiger partial charge in [0.2, 0.25) is 0 Å². The third kappa shape index (κ3) is 10.1. The number of piperazine rings is 2. The van der Waals surface area contributed by atoms with Crippen LogP contribution in [0.2, 0.25) is 20.1 Å². The molecule has 0 saturated carbocycles. The molecule has 4 N–H and O–H groups in total. The molecule has 396 valence electrons. The number of halogens is 4. The van der Waals surface area contributed by atoms with E-state index in [0.29, 0.717) is 119 Å². The zero-order valence-corrected chi connectivity index (χ0v) is 45.6. The summed E-state index contributed by atoms with van der Waals surface area (Å²) in [5.41, 5.74) is 8.01. The van der Waals surface area contributed by atoms with Crippen LogP contribution in [0.15, 0.2) is 102 Å². The molecule has 0 aliphatic carbocycles. The molecule has 9 aromatic rings. The molecule has 5 aromatic carbocycles. The molecular formula is C55H53Cl4N13O5. The summed E-state index contributed by atoms with van der Waals surface area (Å²) in [4.78, 5) is 16.6. The maximum Gasteiger partial charge on any atom is 0.186 e. The first kappa shape index (κ1) is 51.8. The molecule has 18 nitrogen and oxygen atoms in total. The number of ether oxygens (including phenoxy) is 4. The number of pyridine rings is 1. The van der Waals surface area contributed by atoms with Gasteiger partial charge in [-0.05, 0) is 86.6 Å². The maximum atomic E-state index is 10.4. The molecule has 2 aliphatic rings. The third-order valence-electron chi connectivity index (χ3n) is 14.2. The normalized spacial score (nSPS) is 16.4. The van der Waals surface area contributed by atoms with Crippen LogP contribution >= 0.6 is 46.4 Å². The zero-order valence-electron chi connectivity index (χ0n) is 42.6. The molecule has 2 fully saturated rings. The smallest absolute Gasteiger partial charge is 0.186 e. The van der Waals surface area contributed by atoms with Crippen LogP contribution in [0.25, 0.3) is 61.5 Å². The van der Waals surface area contributed by atoms with Gasteiger partial charge in [-0.25, -0.2) is 9.97 Å². The highest BCUT2D eigenvalue weighted by Crippen LogP contribution is 2.48. The number of methoxy groups -OCH3 is 3. The second-order valence-corrected chi connectivity index (χ2v) is 20.5. The number of hydrogen-bond donors (Lipinski definition) is 4. The largest absolute Gasteiger partial charge is 0.495 e. The molecule has 11 rings (SSSR count). The van der Waals surface area contributed by atoms with E-state index in [1.54, 1.807) is 30.3 Å². The summed E-state index contributed by atoms with van der Waals surface area (Å²) in [5.74, 6) is 2.79. The Hall–Kier alpha value is -7.32. The summed E-state index contributed by atoms with van der Waals surface area (Å²) >= 11 is 27.6. The van der Waals surface area contributed by atoms with Crippen molar-refractivity contribution in [3.05, 3.63) is 129 Å². The van der Waals surface area contributed by atoms with Crippen LogP contribution in [0.5, 0.6) is 23.0 Å². The Morgan fingerprint density at radius 1 is 0.701 bits per heavy atom. The van der Waals surface area contributed by atoms with Gasteiger partial charge < -0.3 is 44.2 Å². The number of aromatic amines is 2. The van der Waals surface area contributed by atoms with Crippen LogP contribution in [0.4, 0.5) is 11.4 Å². The molecule has 4 aromatic heterocycles. The van der Waals surface area contributed by atoms with E-state index in [-0.39, 0.29) is 12.1 Å². The standard InChI is InChI=1S/C55H53Cl4N13O5/c1-30-27-71(36-11-6-31(7-12-36)51(68-73)52-37-15-10-33(24-40(37)63-64-52)45-47(56)41(74-3)25-42(75-4)48(45)57)28-34(61-30)18-23-77-44-26-43(76-5)49(58)46(50(44)59)39-17-16-38-54(62-39)65-66-55(38)72-29-60-53(67-72)32-8-13-35(14-9-32)70-21-19-69(2)20-22-70/h6-17,24-26,29-30,34,61,73H,18-23,27-28H2,1-5H3,(H,63,64)(H,62,65,66)/b68-51+/t30-,34+/m0/s1. The average Bonchev–Trinajstić information content (AvgIpc) is 4.23. The highest BCUT2D eigenvalue weighted by molar-refractivity contribution is 6.42. The highest BCUT2D eigenvalue weighted by Gasteiger charge is 2.27. The third-order valence-corrected chi connectivity index (χ3v) is 15.7. The first-order valence-electron chi connectivity index (χ1n) is 24.9. The van der Waals surface area contributed by atoms with Crippen molar-refractivity contribution < 1.29 is 24.2 Å². The van der Waals surface area contributed by atoms with Crippen molar-refractivity contribution in [2.45, 2.75) is 25.4 Å². The predicted molar refractivity (Wildman–Crippen MR) is 303 cm³/mol. The number of benzene rings is 5. The topological polar surface area (TPSA) is 192 Å². The minimum Gasteiger partial charge on any atom is -0.495 e. The summed E-state index contributed by atoms with van der Waals surface area (Å²) in [7, 11) is 6.76. The predicted octanol–water partition coefficient (Wildman–Crippen LogP) is 10.7. The molecule has 0 radical (unpaired) electrons. The SMILES string of the molecule is COc1cc(OC)c(Cl)c(-c2ccc3c(/C(=N/O)c4ccc(N5C[C@@H](CCOc6cc(OC)c(Cl)c(-c7ccc8c(-n9cnc(-c%10ccc(N%11CCN(C)CC%11)cc%10)n9)n[nH]c8n7)c6Cl)N[C@@H](C)C5)cc4)n[nH]c3c2)c1Cl. The molecular weight excluding hydrogens is 1060 g/mol. The number of H-pyrrole nitrogens is 2. The molecule has 0 amide bonds. The monoisotopic (exact) mass is 1120 g/mol. The van der Waals surface area contributed by atoms with Crippen LogP contribution in [0, 0.1) is 0 Å². The van der Waals surface area contributed by atoms with Crippen molar-refractivity contribution in [1.29, 1.82) is 0 Å². The molecule has 0 bridgehead atoms. The highest BCUT2D eigenvalue weighted by atomic mass is 35.5. The number of hydrogen-bond acceptors (Lipinski definition) is 15. The van der Waals surface area contributed by atoms with E-state index in [2.05, 4.69) is 88.8 Å². The van der Waals surface area contributed by atoms with Gasteiger partial charge in [-0.15, -0.1) is 5.10 Å². The van der Waals surface area contributed by atoms with Crippen molar-refractivity contribution in [2.75, 3.05) is 84.1 Å². The van der Waals surface area contributed by atoms with E-state index >= 15 is 0 Å². The van der Waals surface area contributed by atoms with Crippen LogP contribution in [-0.2, 0) is 0 Å². The fourth-order valence-electron chi connectivity index (χ4n) is 10.1. The summed E-state index contributed by atoms with van der Waals surface area (Å²) < 4.78 is 24.7. The van der Waals surface area contributed by atoms with Crippen molar-refractivity contribution in [2.24, 2.45) is 5.16 Å². The minimum absolute atomic E-state index is 0.0796. The van der Waals surface area contributed by atoms with Gasteiger partial charge in [0.25, 0.3) is 0 Å². The van der Waals surface area contributed by atoms with Crippen molar-refractivity contribution in [3.63, 3.8) is 0 Å². The van der Waals surface area contributed by atoms with Crippen molar-refractivity contribution in [1.82, 2.24) is 50.4 Å². The average molecular weight is 1120 g/mol. The van der Waals surface area contributed by atoms with E-state index in [0.717, 1.165) is 60.3 Å². The second-order valence-electron chi connectivity index (χ2n) is 19.0. The lowest BCUT2D eigenvalue weighted by Gasteiger charge is -2.39. The van der Waals surface area contributed by atoms with Crippen LogP contribution in [0.1, 0.15) is 24.6 Å². The first-order chi connectivity index (χ1) is 37.4. The van der Waals surface area contributed by atoms with Crippen molar-refractivity contribution in [3.8, 4) is 62.6 Å². The minimum atomic E-state index is 0.0796. The number of likely N-dealkylation sites (N-methyl/N-ethyl adjacent to an activating group) is 1. The fourth-order valence-corrected chi connectivity index (χ4v) is 11.5. The van der Waals surface area contributed by atoms with Crippen LogP contribution in [0.3, 0.4) is 0 Å². The maximum absolute atomic E-state index is 10.4. The van der Waals surface area contributed by atoms with Crippen molar-refractivity contribution >= 4 is 85.4 Å². The number of anilines is 2. The number of rotatable bonds is 15. The zero-order chi connectivity index (χ0) is 53.5. The number of nitrogens with zero attached hydrogens (tertiary/aromatic N) is 10. The summed E-state index contributed by atoms with van der Waals surface area (Å²) in [5, 5.41) is 40.6. The first-order valence-corrected chi connectivity index (χ1v) is 26.4. The Balaban J connectivity index is 0.749. The lowest BCUT2D eigenvalue weighted by Crippen LogP contribution is -2.56. The summed E-state index contributed by atoms with van der Waals surface area (Å²) in [6.07, 6.45) is 2.32. The van der Waals surface area contributed by atoms with E-state index in [4.69, 9.17) is 75.4 Å². The Labute approximate surface area is 463 Å². The summed E-state index contributed by atoms with van der Waals surface area (Å²) in [6.45, 7) is 8.07. The molecule has 2 atom stereocenters. The molecule has 0 unspecified atom stereocenters. The number of nitrogens with one attached hydrogen (secondary N) is 3. The fraction of sp³-hybridized carbons (Fsp3) is 0.273. The second kappa shape index (κ2) is 22.0. The Morgan fingerprint density at radius 3 is 2.04 bits per heavy atom. The lowest BCUT2D eigenvalue weighted by atomic mass is 10.00. The molecule has 2 saturated heterocycles. The van der Waals surface area contributed by atoms with Gasteiger partial charge in [-0.3, -0.25) is 10.2 Å². The van der Waals surface area contributed by atoms with Gasteiger partial charge >= 0.3 is 0 Å². The number of aromatic nitrogens is 8. The van der Waals surface area contributed by atoms with Crippen LogP contribution < -0.4 is 34.1 Å². The van der Waals surface area contributed by atoms with Crippen LogP contribution in [-0.4, -0.2) is 142 Å². The quantitative estimate of drug-likeness (QED) is 0.0430. The lowest BCUT2D eigenvalue weighted by molar-refractivity contribution is 0.267. The van der Waals surface area contributed by atoms with E-state index in [1.807, 2.05) is 54.6 Å². The Morgan fingerprint density at radius 2 is 1.34 bits per heavy atom. The van der Waals surface area contributed by atoms with Gasteiger partial charge in [0.05, 0.1) is 64.6 Å². The van der Waals surface area contributed by atoms with Gasteiger partial charge in [0, 0.05) is 102 Å². The molecule has 6 heterocycles. The molecule has 0 spiro atoms. The van der Waals surface area contributed by atoms with Gasteiger partial charge in [-0.2, -0.15) is 14.9 Å². The van der Waals surface area contributed by atoms with Gasteiger partial charge in [0.15, 0.2) is 17.3 Å². The molecule has 22 heteroatoms. The van der Waals surface area contributed by atoms with Gasteiger partial charge in [-0.1, -0.05) is 69.8 Å². The molecule has 77 heavy (non-hydrogen) atoms. The molecule has 2 aliphatic heterocycles.